The van der Waals surface area contributed by atoms with Gasteiger partial charge in [0.25, 0.3) is 5.91 Å². The Hall–Kier alpha value is -2.41. The summed E-state index contributed by atoms with van der Waals surface area (Å²) in [7, 11) is 0. The van der Waals surface area contributed by atoms with Crippen molar-refractivity contribution in [2.45, 2.75) is 20.4 Å². The van der Waals surface area contributed by atoms with Gasteiger partial charge < -0.3 is 14.8 Å². The van der Waals surface area contributed by atoms with Crippen LogP contribution in [0.1, 0.15) is 32.6 Å². The first-order valence-corrected chi connectivity index (χ1v) is 7.05. The summed E-state index contributed by atoms with van der Waals surface area (Å²) in [6.07, 6.45) is 2.40. The molecule has 0 radical (unpaired) electrons. The Labute approximate surface area is 125 Å². The van der Waals surface area contributed by atoms with Gasteiger partial charge in [-0.2, -0.15) is 0 Å². The van der Waals surface area contributed by atoms with E-state index in [-0.39, 0.29) is 12.5 Å². The van der Waals surface area contributed by atoms with E-state index in [1.165, 1.54) is 17.4 Å². The van der Waals surface area contributed by atoms with Crippen molar-refractivity contribution in [3.05, 3.63) is 45.3 Å². The van der Waals surface area contributed by atoms with Gasteiger partial charge in [0.2, 0.25) is 5.89 Å². The lowest BCUT2D eigenvalue weighted by molar-refractivity contribution is -0.131. The number of hydrogen-bond donors (Lipinski definition) is 2. The van der Waals surface area contributed by atoms with E-state index in [4.69, 9.17) is 9.52 Å². The van der Waals surface area contributed by atoms with Crippen molar-refractivity contribution in [3.8, 4) is 0 Å². The Balaban J connectivity index is 2.04. The van der Waals surface area contributed by atoms with Crippen molar-refractivity contribution >= 4 is 29.3 Å². The summed E-state index contributed by atoms with van der Waals surface area (Å²) in [5.41, 5.74) is 1.36. The van der Waals surface area contributed by atoms with Crippen LogP contribution in [0.5, 0.6) is 0 Å². The lowest BCUT2D eigenvalue weighted by Crippen LogP contribution is -2.22. The fourth-order valence-electron chi connectivity index (χ4n) is 1.65. The third-order valence-electron chi connectivity index (χ3n) is 2.78. The maximum Gasteiger partial charge on any atom is 0.328 e. The lowest BCUT2D eigenvalue weighted by Gasteiger charge is -2.01. The van der Waals surface area contributed by atoms with Gasteiger partial charge in [0.1, 0.15) is 5.76 Å². The summed E-state index contributed by atoms with van der Waals surface area (Å²) in [5, 5.41) is 13.1. The molecule has 0 aliphatic heterocycles. The number of nitrogens with zero attached hydrogens (tertiary/aromatic N) is 1. The minimum Gasteiger partial charge on any atom is -0.478 e. The molecular weight excluding hydrogens is 292 g/mol. The van der Waals surface area contributed by atoms with E-state index in [1.54, 1.807) is 11.4 Å². The van der Waals surface area contributed by atoms with Crippen molar-refractivity contribution in [2.75, 3.05) is 0 Å². The molecule has 0 atom stereocenters. The van der Waals surface area contributed by atoms with Crippen LogP contribution in [-0.2, 0) is 11.3 Å². The molecule has 0 saturated heterocycles. The second kappa shape index (κ2) is 6.36. The fraction of sp³-hybridized carbons (Fsp3) is 0.214. The largest absolute Gasteiger partial charge is 0.478 e. The summed E-state index contributed by atoms with van der Waals surface area (Å²) in [4.78, 5) is 27.2. The van der Waals surface area contributed by atoms with E-state index in [9.17, 15) is 9.59 Å². The van der Waals surface area contributed by atoms with Crippen molar-refractivity contribution in [2.24, 2.45) is 0 Å². The quantitative estimate of drug-likeness (QED) is 0.827. The molecule has 2 aromatic rings. The minimum atomic E-state index is -1.06. The summed E-state index contributed by atoms with van der Waals surface area (Å²) in [6.45, 7) is 3.83. The predicted octanol–water partition coefficient (Wildman–Crippen LogP) is 2.38. The maximum absolute atomic E-state index is 12.1. The molecular formula is C14H14N2O4S. The number of rotatable bonds is 5. The molecule has 0 aromatic carbocycles. The Morgan fingerprint density at radius 1 is 1.48 bits per heavy atom. The molecule has 6 nitrogen and oxygen atoms in total. The third kappa shape index (κ3) is 3.79. The Kier molecular flexibility index (Phi) is 4.54. The van der Waals surface area contributed by atoms with Crippen molar-refractivity contribution in [1.29, 1.82) is 0 Å². The number of amides is 1. The van der Waals surface area contributed by atoms with Crippen LogP contribution in [0, 0.1) is 13.8 Å². The van der Waals surface area contributed by atoms with Gasteiger partial charge in [-0.25, -0.2) is 9.78 Å². The van der Waals surface area contributed by atoms with Crippen LogP contribution in [0.4, 0.5) is 0 Å². The average Bonchev–Trinajstić information content (AvgIpc) is 3.01. The first-order chi connectivity index (χ1) is 9.97. The molecule has 0 fully saturated rings. The number of nitrogens with one attached hydrogen (secondary N) is 1. The van der Waals surface area contributed by atoms with E-state index in [2.05, 4.69) is 10.3 Å². The highest BCUT2D eigenvalue weighted by atomic mass is 32.1. The van der Waals surface area contributed by atoms with Crippen LogP contribution in [0.3, 0.4) is 0 Å². The highest BCUT2D eigenvalue weighted by Crippen LogP contribution is 2.18. The van der Waals surface area contributed by atoms with Crippen molar-refractivity contribution in [1.82, 2.24) is 10.3 Å². The van der Waals surface area contributed by atoms with Crippen molar-refractivity contribution < 1.29 is 19.1 Å². The Morgan fingerprint density at radius 3 is 2.86 bits per heavy atom. The van der Waals surface area contributed by atoms with Gasteiger partial charge in [-0.3, -0.25) is 4.79 Å². The van der Waals surface area contributed by atoms with E-state index in [0.717, 1.165) is 17.5 Å². The molecule has 0 spiro atoms. The number of carbonyl (C=O) groups excluding carboxylic acids is 1. The standard InChI is InChI=1S/C14H14N2O4S/c1-8-9(2)20-11(16-8)7-15-14(19)13-10(5-6-21-13)3-4-12(17)18/h3-6H,7H2,1-2H3,(H,15,19)(H,17,18)/b4-3+. The molecule has 0 aliphatic rings. The fourth-order valence-corrected chi connectivity index (χ4v) is 2.45. The topological polar surface area (TPSA) is 92.4 Å². The van der Waals surface area contributed by atoms with E-state index in [0.29, 0.717) is 16.3 Å². The number of thiophene rings is 1. The molecule has 2 aromatic heterocycles. The van der Waals surface area contributed by atoms with Gasteiger partial charge in [-0.05, 0) is 36.9 Å². The van der Waals surface area contributed by atoms with Crippen molar-refractivity contribution in [3.63, 3.8) is 0 Å². The molecule has 0 saturated carbocycles. The second-order valence-electron chi connectivity index (χ2n) is 4.31. The SMILES string of the molecule is Cc1nc(CNC(=O)c2sccc2/C=C/C(=O)O)oc1C. The smallest absolute Gasteiger partial charge is 0.328 e. The van der Waals surface area contributed by atoms with Crippen LogP contribution in [0.15, 0.2) is 21.9 Å². The number of hydrogen-bond acceptors (Lipinski definition) is 5. The molecule has 1 amide bonds. The summed E-state index contributed by atoms with van der Waals surface area (Å²) in [5.74, 6) is -0.181. The summed E-state index contributed by atoms with van der Waals surface area (Å²) >= 11 is 1.25. The maximum atomic E-state index is 12.1. The Morgan fingerprint density at radius 2 is 2.24 bits per heavy atom. The zero-order valence-electron chi connectivity index (χ0n) is 11.5. The zero-order valence-corrected chi connectivity index (χ0v) is 12.4. The number of carboxylic acid groups (broad SMARTS) is 1. The van der Waals surface area contributed by atoms with Crippen LogP contribution < -0.4 is 5.32 Å². The minimum absolute atomic E-state index is 0.188. The van der Waals surface area contributed by atoms with Gasteiger partial charge in [-0.1, -0.05) is 0 Å². The monoisotopic (exact) mass is 306 g/mol. The number of oxazole rings is 1. The van der Waals surface area contributed by atoms with Crippen LogP contribution in [0.2, 0.25) is 0 Å². The van der Waals surface area contributed by atoms with E-state index in [1.807, 2.05) is 13.8 Å². The average molecular weight is 306 g/mol. The molecule has 21 heavy (non-hydrogen) atoms. The van der Waals surface area contributed by atoms with Gasteiger partial charge >= 0.3 is 5.97 Å². The molecule has 0 unspecified atom stereocenters. The molecule has 2 heterocycles. The highest BCUT2D eigenvalue weighted by Gasteiger charge is 2.13. The second-order valence-corrected chi connectivity index (χ2v) is 5.22. The van der Waals surface area contributed by atoms with Crippen LogP contribution >= 0.6 is 11.3 Å². The number of aromatic nitrogens is 1. The predicted molar refractivity (Wildman–Crippen MR) is 78.1 cm³/mol. The van der Waals surface area contributed by atoms with Gasteiger partial charge in [0.15, 0.2) is 0 Å². The molecule has 2 rings (SSSR count). The highest BCUT2D eigenvalue weighted by molar-refractivity contribution is 7.12. The van der Waals surface area contributed by atoms with E-state index < -0.39 is 5.97 Å². The van der Waals surface area contributed by atoms with E-state index >= 15 is 0 Å². The number of carboxylic acids is 1. The number of aliphatic carboxylic acids is 1. The molecule has 7 heteroatoms. The zero-order chi connectivity index (χ0) is 15.4. The molecule has 0 aliphatic carbocycles. The van der Waals surface area contributed by atoms with Gasteiger partial charge in [0.05, 0.1) is 17.1 Å². The summed E-state index contributed by atoms with van der Waals surface area (Å²) < 4.78 is 5.38. The number of carbonyl (C=O) groups is 2. The lowest BCUT2D eigenvalue weighted by atomic mass is 10.2. The number of aryl methyl sites for hydroxylation is 2. The first-order valence-electron chi connectivity index (χ1n) is 6.17. The third-order valence-corrected chi connectivity index (χ3v) is 3.71. The molecule has 0 bridgehead atoms. The van der Waals surface area contributed by atoms with Gasteiger partial charge in [-0.15, -0.1) is 11.3 Å². The summed E-state index contributed by atoms with van der Waals surface area (Å²) in [6, 6.07) is 1.69. The van der Waals surface area contributed by atoms with Gasteiger partial charge in [0, 0.05) is 6.08 Å². The van der Waals surface area contributed by atoms with Crippen LogP contribution in [-0.4, -0.2) is 22.0 Å². The first kappa shape index (κ1) is 15.0. The molecule has 2 N–H and O–H groups in total. The molecule has 110 valence electrons. The normalized spacial score (nSPS) is 11.0. The Bertz CT molecular complexity index is 680. The van der Waals surface area contributed by atoms with Crippen LogP contribution in [0.25, 0.3) is 6.08 Å².